The van der Waals surface area contributed by atoms with Gasteiger partial charge in [0.1, 0.15) is 12.7 Å². The molecule has 1 aliphatic carbocycles. The van der Waals surface area contributed by atoms with Crippen LogP contribution in [0.4, 0.5) is 0 Å². The molecule has 26 heavy (non-hydrogen) atoms. The second-order valence-electron chi connectivity index (χ2n) is 6.51. The van der Waals surface area contributed by atoms with Crippen molar-refractivity contribution in [1.82, 2.24) is 25.1 Å². The SMILES string of the molecule is O=C(N[C@@H](c1ccccn1)C1CC(O)C1)c1cccc(-n2cnnc2)c1. The smallest absolute Gasteiger partial charge is 0.251 e. The highest BCUT2D eigenvalue weighted by atomic mass is 16.3. The van der Waals surface area contributed by atoms with Gasteiger partial charge in [0.15, 0.2) is 0 Å². The molecule has 2 N–H and O–H groups in total. The highest BCUT2D eigenvalue weighted by Crippen LogP contribution is 2.37. The Morgan fingerprint density at radius 1 is 1.15 bits per heavy atom. The molecule has 4 rings (SSSR count). The Morgan fingerprint density at radius 3 is 2.65 bits per heavy atom. The quantitative estimate of drug-likeness (QED) is 0.734. The average molecular weight is 349 g/mol. The van der Waals surface area contributed by atoms with Crippen molar-refractivity contribution in [1.29, 1.82) is 0 Å². The Balaban J connectivity index is 1.56. The van der Waals surface area contributed by atoms with E-state index in [9.17, 15) is 9.90 Å². The van der Waals surface area contributed by atoms with Crippen molar-refractivity contribution in [3.8, 4) is 5.69 Å². The van der Waals surface area contributed by atoms with E-state index >= 15 is 0 Å². The molecule has 1 fully saturated rings. The third-order valence-corrected chi connectivity index (χ3v) is 4.74. The molecule has 132 valence electrons. The van der Waals surface area contributed by atoms with E-state index in [0.29, 0.717) is 18.4 Å². The molecule has 7 nitrogen and oxygen atoms in total. The Kier molecular flexibility index (Phi) is 4.45. The molecule has 1 atom stereocenters. The Bertz CT molecular complexity index is 876. The van der Waals surface area contributed by atoms with Crippen LogP contribution in [0.3, 0.4) is 0 Å². The van der Waals surface area contributed by atoms with Gasteiger partial charge in [-0.15, -0.1) is 10.2 Å². The van der Waals surface area contributed by atoms with Crippen LogP contribution in [0.2, 0.25) is 0 Å². The molecule has 1 saturated carbocycles. The summed E-state index contributed by atoms with van der Waals surface area (Å²) in [5.41, 5.74) is 2.18. The summed E-state index contributed by atoms with van der Waals surface area (Å²) in [5, 5.41) is 20.3. The molecule has 0 radical (unpaired) electrons. The maximum atomic E-state index is 12.8. The number of aliphatic hydroxyl groups is 1. The highest BCUT2D eigenvalue weighted by molar-refractivity contribution is 5.95. The Labute approximate surface area is 150 Å². The molecule has 1 aliphatic rings. The van der Waals surface area contributed by atoms with Crippen LogP contribution in [0.5, 0.6) is 0 Å². The minimum atomic E-state index is -0.291. The van der Waals surface area contributed by atoms with Gasteiger partial charge in [-0.1, -0.05) is 12.1 Å². The zero-order valence-electron chi connectivity index (χ0n) is 14.1. The van der Waals surface area contributed by atoms with Gasteiger partial charge in [0.25, 0.3) is 5.91 Å². The average Bonchev–Trinajstić information content (AvgIpc) is 3.19. The number of nitrogens with one attached hydrogen (secondary N) is 1. The van der Waals surface area contributed by atoms with E-state index in [1.807, 2.05) is 30.3 Å². The third kappa shape index (κ3) is 3.34. The minimum absolute atomic E-state index is 0.169. The number of carbonyl (C=O) groups excluding carboxylic acids is 1. The lowest BCUT2D eigenvalue weighted by atomic mass is 9.76. The van der Waals surface area contributed by atoms with Crippen LogP contribution in [0.25, 0.3) is 5.69 Å². The summed E-state index contributed by atoms with van der Waals surface area (Å²) in [6, 6.07) is 12.7. The molecule has 0 saturated heterocycles. The van der Waals surface area contributed by atoms with Gasteiger partial charge in [0.05, 0.1) is 17.8 Å². The lowest BCUT2D eigenvalue weighted by molar-refractivity contribution is 0.0228. The first kappa shape index (κ1) is 16.4. The first-order chi connectivity index (χ1) is 12.7. The summed E-state index contributed by atoms with van der Waals surface area (Å²) in [7, 11) is 0. The molecule has 2 heterocycles. The van der Waals surface area contributed by atoms with Gasteiger partial charge < -0.3 is 10.4 Å². The first-order valence-electron chi connectivity index (χ1n) is 8.55. The number of nitrogens with zero attached hydrogens (tertiary/aromatic N) is 4. The van der Waals surface area contributed by atoms with E-state index in [4.69, 9.17) is 0 Å². The fourth-order valence-electron chi connectivity index (χ4n) is 3.26. The number of aliphatic hydroxyl groups excluding tert-OH is 1. The lowest BCUT2D eigenvalue weighted by Gasteiger charge is -2.37. The van der Waals surface area contributed by atoms with E-state index in [2.05, 4.69) is 20.5 Å². The predicted octanol–water partition coefficient (Wildman–Crippen LogP) is 1.90. The monoisotopic (exact) mass is 349 g/mol. The van der Waals surface area contributed by atoms with Crippen molar-refractivity contribution in [3.63, 3.8) is 0 Å². The highest BCUT2D eigenvalue weighted by Gasteiger charge is 2.36. The van der Waals surface area contributed by atoms with Crippen molar-refractivity contribution in [2.45, 2.75) is 25.0 Å². The molecule has 0 unspecified atom stereocenters. The van der Waals surface area contributed by atoms with Gasteiger partial charge in [-0.25, -0.2) is 0 Å². The summed E-state index contributed by atoms with van der Waals surface area (Å²) in [5.74, 6) is 0.0156. The molecule has 1 aromatic carbocycles. The van der Waals surface area contributed by atoms with Gasteiger partial charge in [0.2, 0.25) is 0 Å². The zero-order chi connectivity index (χ0) is 17.9. The van der Waals surface area contributed by atoms with Crippen LogP contribution >= 0.6 is 0 Å². The third-order valence-electron chi connectivity index (χ3n) is 4.74. The maximum absolute atomic E-state index is 12.8. The fraction of sp³-hybridized carbons (Fsp3) is 0.263. The van der Waals surface area contributed by atoms with Crippen LogP contribution in [0, 0.1) is 5.92 Å². The molecular formula is C19H19N5O2. The largest absolute Gasteiger partial charge is 0.393 e. The van der Waals surface area contributed by atoms with Crippen molar-refractivity contribution < 1.29 is 9.90 Å². The first-order valence-corrected chi connectivity index (χ1v) is 8.55. The topological polar surface area (TPSA) is 92.9 Å². The molecule has 7 heteroatoms. The maximum Gasteiger partial charge on any atom is 0.251 e. The number of hydrogen-bond acceptors (Lipinski definition) is 5. The lowest BCUT2D eigenvalue weighted by Crippen LogP contribution is -2.41. The van der Waals surface area contributed by atoms with Crippen LogP contribution in [0.15, 0.2) is 61.3 Å². The van der Waals surface area contributed by atoms with Gasteiger partial charge in [-0.3, -0.25) is 14.3 Å². The van der Waals surface area contributed by atoms with E-state index in [0.717, 1.165) is 11.4 Å². The van der Waals surface area contributed by atoms with E-state index in [1.165, 1.54) is 0 Å². The van der Waals surface area contributed by atoms with Gasteiger partial charge in [-0.05, 0) is 49.1 Å². The number of amides is 1. The summed E-state index contributed by atoms with van der Waals surface area (Å²) < 4.78 is 1.75. The molecule has 3 aromatic rings. The van der Waals surface area contributed by atoms with Gasteiger partial charge in [0, 0.05) is 17.4 Å². The van der Waals surface area contributed by atoms with Crippen LogP contribution in [-0.2, 0) is 0 Å². The van der Waals surface area contributed by atoms with Crippen LogP contribution in [0.1, 0.15) is 34.9 Å². The second kappa shape index (κ2) is 7.05. The van der Waals surface area contributed by atoms with Crippen molar-refractivity contribution in [2.75, 3.05) is 0 Å². The van der Waals surface area contributed by atoms with E-state index in [1.54, 1.807) is 35.6 Å². The van der Waals surface area contributed by atoms with Crippen LogP contribution < -0.4 is 5.32 Å². The Morgan fingerprint density at radius 2 is 1.96 bits per heavy atom. The van der Waals surface area contributed by atoms with E-state index in [-0.39, 0.29) is 24.0 Å². The molecule has 0 bridgehead atoms. The summed E-state index contributed by atoms with van der Waals surface area (Å²) in [6.45, 7) is 0. The summed E-state index contributed by atoms with van der Waals surface area (Å²) in [4.78, 5) is 17.2. The molecule has 2 aromatic heterocycles. The van der Waals surface area contributed by atoms with Crippen molar-refractivity contribution >= 4 is 5.91 Å². The number of carbonyl (C=O) groups is 1. The van der Waals surface area contributed by atoms with Crippen molar-refractivity contribution in [2.24, 2.45) is 5.92 Å². The normalized spacial score (nSPS) is 20.2. The number of pyridine rings is 1. The minimum Gasteiger partial charge on any atom is -0.393 e. The number of hydrogen-bond donors (Lipinski definition) is 2. The second-order valence-corrected chi connectivity index (χ2v) is 6.51. The summed E-state index contributed by atoms with van der Waals surface area (Å²) in [6.07, 6.45) is 5.94. The standard InChI is InChI=1S/C19H19N5O2/c25-16-9-14(10-16)18(17-6-1-2-7-20-17)23-19(26)13-4-3-5-15(8-13)24-11-21-22-12-24/h1-8,11-12,14,16,18,25H,9-10H2,(H,23,26)/t14?,16?,18-/m1/s1. The number of rotatable bonds is 5. The Hall–Kier alpha value is -3.06. The van der Waals surface area contributed by atoms with Crippen LogP contribution in [-0.4, -0.2) is 36.9 Å². The molecule has 0 aliphatic heterocycles. The van der Waals surface area contributed by atoms with Crippen molar-refractivity contribution in [3.05, 3.63) is 72.6 Å². The number of benzene rings is 1. The molecular weight excluding hydrogens is 330 g/mol. The molecule has 0 spiro atoms. The summed E-state index contributed by atoms with van der Waals surface area (Å²) >= 11 is 0. The van der Waals surface area contributed by atoms with E-state index < -0.39 is 0 Å². The molecule has 1 amide bonds. The van der Waals surface area contributed by atoms with Gasteiger partial charge >= 0.3 is 0 Å². The number of aromatic nitrogens is 4. The fourth-order valence-corrected chi connectivity index (χ4v) is 3.26. The van der Waals surface area contributed by atoms with Gasteiger partial charge in [-0.2, -0.15) is 0 Å². The zero-order valence-corrected chi connectivity index (χ0v) is 14.1. The predicted molar refractivity (Wildman–Crippen MR) is 94.5 cm³/mol.